The molecule has 0 saturated heterocycles. The minimum Gasteiger partial charge on any atom is -0.378 e. The minimum absolute atomic E-state index is 0.0403. The van der Waals surface area contributed by atoms with Crippen LogP contribution in [0.4, 0.5) is 20.2 Å². The molecule has 0 bridgehead atoms. The summed E-state index contributed by atoms with van der Waals surface area (Å²) < 4.78 is 27.4. The van der Waals surface area contributed by atoms with Crippen molar-refractivity contribution in [2.45, 2.75) is 24.3 Å². The second kappa shape index (κ2) is 7.49. The Morgan fingerprint density at radius 3 is 2.38 bits per heavy atom. The van der Waals surface area contributed by atoms with Gasteiger partial charge in [0.1, 0.15) is 11.6 Å². The standard InChI is InChI=1S/C28H22F2N2/c29-19-3-1-5-21(15-19)31-25-13-9-17-8-12-24-26(32-22-6-2-4-20(30)16-22)14-10-18-7-11-23(25)27(17)28(18)24/h1-9,11-16,18,23,25,31-32H,10H2. The van der Waals surface area contributed by atoms with E-state index in [4.69, 9.17) is 0 Å². The smallest absolute Gasteiger partial charge is 0.125 e. The molecule has 0 aromatic heterocycles. The fourth-order valence-electron chi connectivity index (χ4n) is 5.18. The van der Waals surface area contributed by atoms with Crippen molar-refractivity contribution in [2.24, 2.45) is 0 Å². The number of hydrogen-bond donors (Lipinski definition) is 2. The third-order valence-electron chi connectivity index (χ3n) is 6.57. The van der Waals surface area contributed by atoms with Gasteiger partial charge in [-0.15, -0.1) is 0 Å². The van der Waals surface area contributed by atoms with E-state index in [-0.39, 0.29) is 23.6 Å². The zero-order chi connectivity index (χ0) is 21.7. The largest absolute Gasteiger partial charge is 0.378 e. The van der Waals surface area contributed by atoms with Gasteiger partial charge in [-0.1, -0.05) is 54.6 Å². The molecule has 0 amide bonds. The van der Waals surface area contributed by atoms with Gasteiger partial charge in [0.15, 0.2) is 0 Å². The van der Waals surface area contributed by atoms with Crippen molar-refractivity contribution in [3.05, 3.63) is 119 Å². The first kappa shape index (κ1) is 19.1. The zero-order valence-corrected chi connectivity index (χ0v) is 17.4. The molecule has 158 valence electrons. The Hall–Kier alpha value is -3.66. The topological polar surface area (TPSA) is 24.1 Å². The predicted octanol–water partition coefficient (Wildman–Crippen LogP) is 7.07. The van der Waals surface area contributed by atoms with Crippen LogP contribution >= 0.6 is 0 Å². The third-order valence-corrected chi connectivity index (χ3v) is 6.57. The average molecular weight is 424 g/mol. The van der Waals surface area contributed by atoms with E-state index in [2.05, 4.69) is 53.1 Å². The molecule has 3 unspecified atom stereocenters. The SMILES string of the molecule is Fc1cccc(NC2=CCC3C=CC4c5c(ccc2c53)C=CC4Nc2cccc(F)c2)c1. The first-order chi connectivity index (χ1) is 15.7. The van der Waals surface area contributed by atoms with Crippen molar-refractivity contribution in [3.8, 4) is 0 Å². The monoisotopic (exact) mass is 424 g/mol. The van der Waals surface area contributed by atoms with Crippen molar-refractivity contribution in [1.82, 2.24) is 0 Å². The van der Waals surface area contributed by atoms with Gasteiger partial charge < -0.3 is 10.6 Å². The maximum Gasteiger partial charge on any atom is 0.125 e. The molecular weight excluding hydrogens is 402 g/mol. The Kier molecular flexibility index (Phi) is 4.46. The van der Waals surface area contributed by atoms with Gasteiger partial charge in [0.25, 0.3) is 0 Å². The Balaban J connectivity index is 1.38. The highest BCUT2D eigenvalue weighted by molar-refractivity contribution is 5.83. The normalized spacial score (nSPS) is 22.2. The molecule has 0 fully saturated rings. The maximum absolute atomic E-state index is 13.7. The number of halogens is 2. The first-order valence-corrected chi connectivity index (χ1v) is 10.9. The van der Waals surface area contributed by atoms with E-state index in [1.165, 1.54) is 46.5 Å². The van der Waals surface area contributed by atoms with Gasteiger partial charge >= 0.3 is 0 Å². The summed E-state index contributed by atoms with van der Waals surface area (Å²) in [6, 6.07) is 17.5. The van der Waals surface area contributed by atoms with Crippen LogP contribution in [-0.2, 0) is 0 Å². The summed E-state index contributed by atoms with van der Waals surface area (Å²) >= 11 is 0. The van der Waals surface area contributed by atoms with Crippen LogP contribution in [0.5, 0.6) is 0 Å². The minimum atomic E-state index is -0.254. The van der Waals surface area contributed by atoms with Crippen LogP contribution in [0.1, 0.15) is 40.5 Å². The van der Waals surface area contributed by atoms with Crippen molar-refractivity contribution in [3.63, 3.8) is 0 Å². The van der Waals surface area contributed by atoms with Crippen molar-refractivity contribution >= 4 is 23.1 Å². The number of anilines is 2. The molecule has 4 heteroatoms. The average Bonchev–Trinajstić information content (AvgIpc) is 2.79. The van der Waals surface area contributed by atoms with Crippen LogP contribution in [0.25, 0.3) is 11.8 Å². The lowest BCUT2D eigenvalue weighted by atomic mass is 9.69. The molecule has 32 heavy (non-hydrogen) atoms. The fourth-order valence-corrected chi connectivity index (χ4v) is 5.18. The third kappa shape index (κ3) is 3.23. The highest BCUT2D eigenvalue weighted by atomic mass is 19.1. The van der Waals surface area contributed by atoms with E-state index < -0.39 is 0 Å². The number of nitrogens with one attached hydrogen (secondary N) is 2. The zero-order valence-electron chi connectivity index (χ0n) is 17.4. The van der Waals surface area contributed by atoms with Gasteiger partial charge in [0, 0.05) is 34.5 Å². The molecule has 2 nitrogen and oxygen atoms in total. The fraction of sp³-hybridized carbons (Fsp3) is 0.143. The van der Waals surface area contributed by atoms with Crippen LogP contribution in [0.3, 0.4) is 0 Å². The van der Waals surface area contributed by atoms with E-state index in [1.54, 1.807) is 12.1 Å². The van der Waals surface area contributed by atoms with E-state index in [0.29, 0.717) is 5.92 Å². The second-order valence-electron chi connectivity index (χ2n) is 8.58. The van der Waals surface area contributed by atoms with Gasteiger partial charge in [0.2, 0.25) is 0 Å². The van der Waals surface area contributed by atoms with Crippen LogP contribution in [-0.4, -0.2) is 6.04 Å². The molecule has 3 atom stereocenters. The second-order valence-corrected chi connectivity index (χ2v) is 8.58. The summed E-state index contributed by atoms with van der Waals surface area (Å²) in [4.78, 5) is 0. The highest BCUT2D eigenvalue weighted by Crippen LogP contribution is 2.48. The van der Waals surface area contributed by atoms with Crippen molar-refractivity contribution in [1.29, 1.82) is 0 Å². The van der Waals surface area contributed by atoms with Crippen LogP contribution in [0, 0.1) is 11.6 Å². The van der Waals surface area contributed by atoms with Crippen molar-refractivity contribution < 1.29 is 8.78 Å². The lowest BCUT2D eigenvalue weighted by molar-refractivity contribution is 0.627. The molecule has 3 aliphatic carbocycles. The predicted molar refractivity (Wildman–Crippen MR) is 127 cm³/mol. The Morgan fingerprint density at radius 1 is 0.781 bits per heavy atom. The van der Waals surface area contributed by atoms with E-state index in [1.807, 2.05) is 12.1 Å². The number of allylic oxidation sites excluding steroid dienone is 2. The van der Waals surface area contributed by atoms with Gasteiger partial charge in [-0.25, -0.2) is 8.78 Å². The lowest BCUT2D eigenvalue weighted by Crippen LogP contribution is -2.31. The summed E-state index contributed by atoms with van der Waals surface area (Å²) in [5.41, 5.74) is 7.60. The summed E-state index contributed by atoms with van der Waals surface area (Å²) in [6.07, 6.45) is 12.0. The van der Waals surface area contributed by atoms with Crippen LogP contribution in [0.15, 0.2) is 85.0 Å². The Labute approximate surface area is 186 Å². The molecule has 0 radical (unpaired) electrons. The Morgan fingerprint density at radius 2 is 1.56 bits per heavy atom. The molecular formula is C28H22F2N2. The molecule has 3 aliphatic rings. The van der Waals surface area contributed by atoms with Gasteiger partial charge in [-0.05, 0) is 59.5 Å². The van der Waals surface area contributed by atoms with Crippen LogP contribution < -0.4 is 10.6 Å². The lowest BCUT2D eigenvalue weighted by Gasteiger charge is -2.38. The summed E-state index contributed by atoms with van der Waals surface area (Å²) in [7, 11) is 0. The Bertz CT molecular complexity index is 1300. The molecule has 3 aromatic carbocycles. The number of rotatable bonds is 4. The summed E-state index contributed by atoms with van der Waals surface area (Å²) in [5, 5.41) is 6.93. The maximum atomic E-state index is 13.7. The van der Waals surface area contributed by atoms with Crippen molar-refractivity contribution in [2.75, 3.05) is 10.6 Å². The molecule has 0 aliphatic heterocycles. The number of hydrogen-bond acceptors (Lipinski definition) is 2. The molecule has 0 spiro atoms. The summed E-state index contributed by atoms with van der Waals surface area (Å²) in [6.45, 7) is 0. The van der Waals surface area contributed by atoms with E-state index in [9.17, 15) is 8.78 Å². The molecule has 6 rings (SSSR count). The van der Waals surface area contributed by atoms with Gasteiger partial charge in [-0.3, -0.25) is 0 Å². The van der Waals surface area contributed by atoms with Gasteiger partial charge in [0.05, 0.1) is 6.04 Å². The quantitative estimate of drug-likeness (QED) is 0.438. The van der Waals surface area contributed by atoms with E-state index in [0.717, 1.165) is 23.5 Å². The molecule has 0 heterocycles. The molecule has 3 aromatic rings. The molecule has 2 N–H and O–H groups in total. The first-order valence-electron chi connectivity index (χ1n) is 10.9. The highest BCUT2D eigenvalue weighted by Gasteiger charge is 2.35. The molecule has 0 saturated carbocycles. The van der Waals surface area contributed by atoms with E-state index >= 15 is 0 Å². The summed E-state index contributed by atoms with van der Waals surface area (Å²) in [5.74, 6) is -0.00551. The van der Waals surface area contributed by atoms with Gasteiger partial charge in [-0.2, -0.15) is 0 Å². The number of benzene rings is 3. The van der Waals surface area contributed by atoms with Crippen LogP contribution in [0.2, 0.25) is 0 Å².